The van der Waals surface area contributed by atoms with Gasteiger partial charge in [-0.15, -0.1) is 0 Å². The van der Waals surface area contributed by atoms with Gasteiger partial charge in [0.15, 0.2) is 0 Å². The maximum Gasteiger partial charge on any atom is 0.123 e. The monoisotopic (exact) mass is 223 g/mol. The summed E-state index contributed by atoms with van der Waals surface area (Å²) in [5.74, 6) is 0.467. The molecule has 1 nitrogen and oxygen atoms in total. The molecule has 0 saturated heterocycles. The van der Waals surface area contributed by atoms with Crippen LogP contribution in [0.3, 0.4) is 0 Å². The minimum Gasteiger partial charge on any atom is -0.310 e. The molecule has 0 saturated carbocycles. The van der Waals surface area contributed by atoms with Crippen LogP contribution >= 0.6 is 0 Å². The van der Waals surface area contributed by atoms with Crippen molar-refractivity contribution < 1.29 is 4.39 Å². The van der Waals surface area contributed by atoms with E-state index in [4.69, 9.17) is 0 Å². The molecule has 0 radical (unpaired) electrons. The highest BCUT2D eigenvalue weighted by molar-refractivity contribution is 5.26. The number of halogens is 1. The summed E-state index contributed by atoms with van der Waals surface area (Å²) in [6, 6.07) is 5.54. The molecule has 0 aromatic heterocycles. The van der Waals surface area contributed by atoms with Crippen LogP contribution in [0, 0.1) is 18.7 Å². The topological polar surface area (TPSA) is 12.0 Å². The average molecular weight is 223 g/mol. The van der Waals surface area contributed by atoms with Crippen molar-refractivity contribution in [2.45, 2.75) is 40.2 Å². The predicted octanol–water partition coefficient (Wildman–Crippen LogP) is 3.83. The van der Waals surface area contributed by atoms with E-state index in [2.05, 4.69) is 32.2 Å². The quantitative estimate of drug-likeness (QED) is 0.800. The predicted molar refractivity (Wildman–Crippen MR) is 67.0 cm³/mol. The van der Waals surface area contributed by atoms with E-state index in [9.17, 15) is 4.39 Å². The Morgan fingerprint density at radius 3 is 2.44 bits per heavy atom. The van der Waals surface area contributed by atoms with E-state index < -0.39 is 0 Å². The molecule has 1 rings (SSSR count). The summed E-state index contributed by atoms with van der Waals surface area (Å²) in [5, 5.41) is 3.42. The first-order valence-corrected chi connectivity index (χ1v) is 6.03. The Labute approximate surface area is 98.1 Å². The van der Waals surface area contributed by atoms with Gasteiger partial charge in [0.25, 0.3) is 0 Å². The van der Waals surface area contributed by atoms with Gasteiger partial charge in [0.1, 0.15) is 5.82 Å². The first-order chi connectivity index (χ1) is 7.52. The summed E-state index contributed by atoms with van der Waals surface area (Å²) in [6.07, 6.45) is 1.04. The Morgan fingerprint density at radius 1 is 1.25 bits per heavy atom. The number of nitrogens with one attached hydrogen (secondary N) is 1. The zero-order valence-electron chi connectivity index (χ0n) is 10.7. The Balaban J connectivity index is 2.90. The van der Waals surface area contributed by atoms with Crippen molar-refractivity contribution in [2.75, 3.05) is 6.54 Å². The largest absolute Gasteiger partial charge is 0.310 e. The van der Waals surface area contributed by atoms with Crippen molar-refractivity contribution in [2.24, 2.45) is 5.92 Å². The van der Waals surface area contributed by atoms with Crippen molar-refractivity contribution >= 4 is 0 Å². The van der Waals surface area contributed by atoms with E-state index in [1.807, 2.05) is 6.92 Å². The Hall–Kier alpha value is -0.890. The molecule has 0 spiro atoms. The van der Waals surface area contributed by atoms with Crippen LogP contribution in [-0.2, 0) is 0 Å². The molecule has 1 atom stereocenters. The molecule has 16 heavy (non-hydrogen) atoms. The first kappa shape index (κ1) is 13.2. The van der Waals surface area contributed by atoms with Gasteiger partial charge in [-0.25, -0.2) is 4.39 Å². The zero-order chi connectivity index (χ0) is 12.1. The highest BCUT2D eigenvalue weighted by Crippen LogP contribution is 2.23. The second-order valence-corrected chi connectivity index (χ2v) is 4.80. The highest BCUT2D eigenvalue weighted by atomic mass is 19.1. The standard InChI is InChI=1S/C14H22FN/c1-5-16-14(6-10(2)3)12-7-11(4)8-13(15)9-12/h7-10,14,16H,5-6H2,1-4H3. The van der Waals surface area contributed by atoms with Gasteiger partial charge in [0.2, 0.25) is 0 Å². The molecule has 1 N–H and O–H groups in total. The lowest BCUT2D eigenvalue weighted by Crippen LogP contribution is -2.22. The molecule has 1 unspecified atom stereocenters. The molecule has 0 aliphatic rings. The SMILES string of the molecule is CCNC(CC(C)C)c1cc(C)cc(F)c1. The summed E-state index contributed by atoms with van der Waals surface area (Å²) in [7, 11) is 0. The van der Waals surface area contributed by atoms with E-state index in [1.165, 1.54) is 0 Å². The van der Waals surface area contributed by atoms with Crippen molar-refractivity contribution in [3.8, 4) is 0 Å². The van der Waals surface area contributed by atoms with E-state index >= 15 is 0 Å². The maximum atomic E-state index is 13.3. The highest BCUT2D eigenvalue weighted by Gasteiger charge is 2.13. The molecule has 0 aliphatic heterocycles. The first-order valence-electron chi connectivity index (χ1n) is 6.03. The van der Waals surface area contributed by atoms with Gasteiger partial charge in [-0.05, 0) is 49.1 Å². The summed E-state index contributed by atoms with van der Waals surface area (Å²) in [6.45, 7) is 9.31. The Bertz CT molecular complexity index is 313. The molecular formula is C14H22FN. The average Bonchev–Trinajstić information content (AvgIpc) is 2.14. The van der Waals surface area contributed by atoms with Crippen LogP contribution in [0.2, 0.25) is 0 Å². The molecule has 0 aliphatic carbocycles. The van der Waals surface area contributed by atoms with Crippen LogP contribution in [0.25, 0.3) is 0 Å². The fraction of sp³-hybridized carbons (Fsp3) is 0.571. The number of benzene rings is 1. The lowest BCUT2D eigenvalue weighted by atomic mass is 9.96. The van der Waals surface area contributed by atoms with Crippen LogP contribution in [-0.4, -0.2) is 6.54 Å². The third-order valence-electron chi connectivity index (χ3n) is 2.62. The molecule has 0 bridgehead atoms. The van der Waals surface area contributed by atoms with Crippen molar-refractivity contribution in [1.29, 1.82) is 0 Å². The van der Waals surface area contributed by atoms with Gasteiger partial charge in [0, 0.05) is 6.04 Å². The molecule has 0 fully saturated rings. The summed E-state index contributed by atoms with van der Waals surface area (Å²) in [5.41, 5.74) is 2.05. The smallest absolute Gasteiger partial charge is 0.123 e. The van der Waals surface area contributed by atoms with Crippen molar-refractivity contribution in [3.63, 3.8) is 0 Å². The second-order valence-electron chi connectivity index (χ2n) is 4.80. The fourth-order valence-electron chi connectivity index (χ4n) is 2.02. The van der Waals surface area contributed by atoms with E-state index in [1.54, 1.807) is 12.1 Å². The number of aryl methyl sites for hydroxylation is 1. The lowest BCUT2D eigenvalue weighted by Gasteiger charge is -2.21. The van der Waals surface area contributed by atoms with Crippen LogP contribution in [0.5, 0.6) is 0 Å². The van der Waals surface area contributed by atoms with Gasteiger partial charge in [-0.1, -0.05) is 26.8 Å². The third-order valence-corrected chi connectivity index (χ3v) is 2.62. The van der Waals surface area contributed by atoms with Gasteiger partial charge >= 0.3 is 0 Å². The normalized spacial score (nSPS) is 13.1. The number of hydrogen-bond donors (Lipinski definition) is 1. The number of hydrogen-bond acceptors (Lipinski definition) is 1. The Morgan fingerprint density at radius 2 is 1.94 bits per heavy atom. The molecule has 1 aromatic carbocycles. The lowest BCUT2D eigenvalue weighted by molar-refractivity contribution is 0.436. The minimum absolute atomic E-state index is 0.137. The zero-order valence-corrected chi connectivity index (χ0v) is 10.7. The van der Waals surface area contributed by atoms with Crippen LogP contribution in [0.4, 0.5) is 4.39 Å². The van der Waals surface area contributed by atoms with E-state index in [0.717, 1.165) is 24.1 Å². The molecule has 1 aromatic rings. The molecule has 0 amide bonds. The fourth-order valence-corrected chi connectivity index (χ4v) is 2.02. The third kappa shape index (κ3) is 3.93. The molecular weight excluding hydrogens is 201 g/mol. The van der Waals surface area contributed by atoms with Crippen LogP contribution < -0.4 is 5.32 Å². The van der Waals surface area contributed by atoms with E-state index in [0.29, 0.717) is 5.92 Å². The van der Waals surface area contributed by atoms with E-state index in [-0.39, 0.29) is 11.9 Å². The summed E-state index contributed by atoms with van der Waals surface area (Å²) < 4.78 is 13.3. The van der Waals surface area contributed by atoms with Gasteiger partial charge in [0.05, 0.1) is 0 Å². The van der Waals surface area contributed by atoms with Crippen molar-refractivity contribution in [1.82, 2.24) is 5.32 Å². The van der Waals surface area contributed by atoms with Gasteiger partial charge < -0.3 is 5.32 Å². The number of rotatable bonds is 5. The molecule has 90 valence electrons. The summed E-state index contributed by atoms with van der Waals surface area (Å²) in [4.78, 5) is 0. The van der Waals surface area contributed by atoms with Crippen LogP contribution in [0.15, 0.2) is 18.2 Å². The second kappa shape index (κ2) is 6.00. The van der Waals surface area contributed by atoms with Gasteiger partial charge in [-0.2, -0.15) is 0 Å². The maximum absolute atomic E-state index is 13.3. The molecule has 2 heteroatoms. The van der Waals surface area contributed by atoms with Crippen molar-refractivity contribution in [3.05, 3.63) is 35.1 Å². The van der Waals surface area contributed by atoms with Crippen LogP contribution in [0.1, 0.15) is 44.4 Å². The summed E-state index contributed by atoms with van der Waals surface area (Å²) >= 11 is 0. The molecule has 0 heterocycles. The Kier molecular flexibility index (Phi) is 4.94. The minimum atomic E-state index is -0.137. The van der Waals surface area contributed by atoms with Gasteiger partial charge in [-0.3, -0.25) is 0 Å².